The molecule has 0 spiro atoms. The van der Waals surface area contributed by atoms with Crippen molar-refractivity contribution < 1.29 is 23.1 Å². The van der Waals surface area contributed by atoms with Gasteiger partial charge in [-0.1, -0.05) is 48.1 Å². The number of ether oxygens (including phenoxy) is 2. The molecule has 0 bridgehead atoms. The van der Waals surface area contributed by atoms with E-state index in [1.165, 1.54) is 18.2 Å². The first-order valence-corrected chi connectivity index (χ1v) is 18.3. The summed E-state index contributed by atoms with van der Waals surface area (Å²) in [6.07, 6.45) is 3.40. The van der Waals surface area contributed by atoms with Crippen LogP contribution in [0.4, 0.5) is 21.7 Å². The van der Waals surface area contributed by atoms with Gasteiger partial charge in [0.1, 0.15) is 24.1 Å². The number of nitrogens with one attached hydrogen (secondary N) is 2. The molecule has 1 amide bonds. The minimum Gasteiger partial charge on any atom is -0.495 e. The molecule has 0 radical (unpaired) electrons. The molecule has 12 heteroatoms. The van der Waals surface area contributed by atoms with Crippen LogP contribution in [-0.4, -0.2) is 54.6 Å². The largest absolute Gasteiger partial charge is 0.495 e. The van der Waals surface area contributed by atoms with Crippen molar-refractivity contribution in [1.82, 2.24) is 19.5 Å². The highest BCUT2D eigenvalue weighted by atomic mass is 28.4. The van der Waals surface area contributed by atoms with Gasteiger partial charge >= 0.3 is 0 Å². The van der Waals surface area contributed by atoms with Crippen LogP contribution in [0.15, 0.2) is 67.4 Å². The molecule has 0 aliphatic carbocycles. The second kappa shape index (κ2) is 16.1. The Labute approximate surface area is 283 Å². The molecule has 2 aromatic carbocycles. The third kappa shape index (κ3) is 8.00. The van der Waals surface area contributed by atoms with E-state index >= 15 is 0 Å². The average Bonchev–Trinajstić information content (AvgIpc) is 3.41. The first-order chi connectivity index (χ1) is 22.9. The summed E-state index contributed by atoms with van der Waals surface area (Å²) in [5.41, 5.74) is 5.09. The molecule has 4 aromatic rings. The number of halogens is 1. The molecule has 48 heavy (non-hydrogen) atoms. The third-order valence-electron chi connectivity index (χ3n) is 8.60. The summed E-state index contributed by atoms with van der Waals surface area (Å²) in [7, 11) is 1.08. The fourth-order valence-corrected chi connectivity index (χ4v) is 12.0. The van der Waals surface area contributed by atoms with Crippen molar-refractivity contribution in [2.24, 2.45) is 0 Å². The molecule has 2 aromatic heterocycles. The summed E-state index contributed by atoms with van der Waals surface area (Å²) < 4.78 is 34.1. The van der Waals surface area contributed by atoms with E-state index in [0.29, 0.717) is 69.8 Å². The number of nitrogens with zero attached hydrogens (tertiary/aromatic N) is 4. The first-order valence-electron chi connectivity index (χ1n) is 16.1. The molecule has 4 rings (SSSR count). The molecular weight excluding hydrogens is 628 g/mol. The van der Waals surface area contributed by atoms with Crippen LogP contribution in [0, 0.1) is 5.82 Å². The fourth-order valence-electron chi connectivity index (χ4n) is 6.59. The van der Waals surface area contributed by atoms with Gasteiger partial charge in [0.05, 0.1) is 29.9 Å². The van der Waals surface area contributed by atoms with Gasteiger partial charge in [-0.15, -0.1) is 0 Å². The number of amides is 1. The Balaban J connectivity index is 1.78. The smallest absolute Gasteiger partial charge is 0.247 e. The van der Waals surface area contributed by atoms with Crippen LogP contribution < -0.4 is 15.4 Å². The molecule has 2 N–H and O–H groups in total. The van der Waals surface area contributed by atoms with E-state index < -0.39 is 8.32 Å². The number of carbonyl (C=O) groups is 1. The maximum absolute atomic E-state index is 14.0. The fraction of sp³-hybridized carbons (Fsp3) is 0.389. The van der Waals surface area contributed by atoms with Crippen LogP contribution in [0.25, 0.3) is 22.6 Å². The minimum atomic E-state index is -2.10. The third-order valence-corrected chi connectivity index (χ3v) is 14.7. The molecule has 2 heterocycles. The lowest BCUT2D eigenvalue weighted by molar-refractivity contribution is -0.111. The van der Waals surface area contributed by atoms with Crippen molar-refractivity contribution in [2.75, 3.05) is 31.5 Å². The second-order valence-electron chi connectivity index (χ2n) is 12.5. The van der Waals surface area contributed by atoms with Crippen molar-refractivity contribution in [3.63, 3.8) is 0 Å². The van der Waals surface area contributed by atoms with Crippen LogP contribution in [-0.2, 0) is 27.1 Å². The van der Waals surface area contributed by atoms with Gasteiger partial charge in [-0.3, -0.25) is 4.79 Å². The SMILES string of the molecule is C=CC(=O)Nc1ccc(OC)c(Nc2nccc(-c3c(-c4ccc(F)cc4)nc(CCO[Si](C(C)C)(C(C)C)C(C)C)n3COC)n2)c1. The first kappa shape index (κ1) is 36.4. The second-order valence-corrected chi connectivity index (χ2v) is 18.0. The van der Waals surface area contributed by atoms with E-state index in [1.54, 1.807) is 56.8 Å². The van der Waals surface area contributed by atoms with Gasteiger partial charge < -0.3 is 29.1 Å². The zero-order valence-electron chi connectivity index (χ0n) is 29.1. The average molecular weight is 675 g/mol. The van der Waals surface area contributed by atoms with E-state index in [0.717, 1.165) is 11.4 Å². The maximum Gasteiger partial charge on any atom is 0.247 e. The Morgan fingerprint density at radius 1 is 1.00 bits per heavy atom. The standard InChI is InChI=1S/C36H47FN6O4Si/c1-10-33(44)39-28-15-16-31(46-9)30(21-28)41-36-38-19-17-29(40-36)35-34(26-11-13-27(37)14-12-26)42-32(43(35)22-45-8)18-20-47-48(23(2)3,24(4)5)25(6)7/h10-17,19,21,23-25H,1,18,20,22H2,2-9H3,(H,39,44)(H,38,40,41). The summed E-state index contributed by atoms with van der Waals surface area (Å²) in [6.45, 7) is 17.9. The Hall–Kier alpha value is -4.39. The number of aromatic nitrogens is 4. The van der Waals surface area contributed by atoms with Crippen molar-refractivity contribution >= 4 is 31.5 Å². The lowest BCUT2D eigenvalue weighted by atomic mass is 10.1. The van der Waals surface area contributed by atoms with E-state index in [1.807, 2.05) is 4.57 Å². The number of anilines is 3. The van der Waals surface area contributed by atoms with Gasteiger partial charge in [0, 0.05) is 37.6 Å². The number of imidazole rings is 1. The molecule has 0 aliphatic rings. The highest BCUT2D eigenvalue weighted by molar-refractivity contribution is 6.77. The van der Waals surface area contributed by atoms with Crippen LogP contribution in [0.3, 0.4) is 0 Å². The number of carbonyl (C=O) groups excluding carboxylic acids is 1. The number of hydrogen-bond acceptors (Lipinski definition) is 8. The van der Waals surface area contributed by atoms with Gasteiger partial charge in [-0.25, -0.2) is 19.3 Å². The predicted molar refractivity (Wildman–Crippen MR) is 191 cm³/mol. The molecule has 0 saturated carbocycles. The topological polar surface area (TPSA) is 112 Å². The van der Waals surface area contributed by atoms with Crippen LogP contribution in [0.5, 0.6) is 5.75 Å². The normalized spacial score (nSPS) is 11.8. The lowest BCUT2D eigenvalue weighted by Gasteiger charge is -2.42. The number of methoxy groups -OCH3 is 2. The van der Waals surface area contributed by atoms with Crippen molar-refractivity contribution in [2.45, 2.75) is 71.3 Å². The molecule has 0 fully saturated rings. The maximum atomic E-state index is 14.0. The summed E-state index contributed by atoms with van der Waals surface area (Å²) in [5, 5.41) is 5.97. The van der Waals surface area contributed by atoms with E-state index in [9.17, 15) is 9.18 Å². The van der Waals surface area contributed by atoms with E-state index in [-0.39, 0.29) is 18.5 Å². The monoisotopic (exact) mass is 674 g/mol. The summed E-state index contributed by atoms with van der Waals surface area (Å²) in [6, 6.07) is 13.2. The van der Waals surface area contributed by atoms with Gasteiger partial charge in [0.2, 0.25) is 11.9 Å². The number of hydrogen-bond donors (Lipinski definition) is 2. The summed E-state index contributed by atoms with van der Waals surface area (Å²) in [4.78, 5) is 26.3. The van der Waals surface area contributed by atoms with E-state index in [2.05, 4.69) is 63.7 Å². The van der Waals surface area contributed by atoms with Crippen molar-refractivity contribution in [3.8, 4) is 28.4 Å². The molecular formula is C36H47FN6O4Si. The van der Waals surface area contributed by atoms with Crippen molar-refractivity contribution in [3.05, 3.63) is 79.0 Å². The zero-order chi connectivity index (χ0) is 35.0. The molecule has 0 saturated heterocycles. The van der Waals surface area contributed by atoms with Gasteiger partial charge in [0.25, 0.3) is 0 Å². The quantitative estimate of drug-likeness (QED) is 0.0901. The summed E-state index contributed by atoms with van der Waals surface area (Å²) >= 11 is 0. The number of benzene rings is 2. The molecule has 0 unspecified atom stereocenters. The summed E-state index contributed by atoms with van der Waals surface area (Å²) in [5.74, 6) is 0.918. The zero-order valence-corrected chi connectivity index (χ0v) is 30.1. The highest BCUT2D eigenvalue weighted by Crippen LogP contribution is 2.42. The minimum absolute atomic E-state index is 0.214. The Kier molecular flexibility index (Phi) is 12.3. The lowest BCUT2D eigenvalue weighted by Crippen LogP contribution is -2.48. The van der Waals surface area contributed by atoms with E-state index in [4.69, 9.17) is 23.9 Å². The Bertz CT molecular complexity index is 1690. The van der Waals surface area contributed by atoms with Crippen LogP contribution in [0.2, 0.25) is 16.6 Å². The van der Waals surface area contributed by atoms with Crippen LogP contribution >= 0.6 is 0 Å². The Morgan fingerprint density at radius 3 is 2.29 bits per heavy atom. The molecule has 10 nitrogen and oxygen atoms in total. The van der Waals surface area contributed by atoms with Gasteiger partial charge in [0.15, 0.2) is 8.32 Å². The van der Waals surface area contributed by atoms with Crippen LogP contribution in [0.1, 0.15) is 47.4 Å². The van der Waals surface area contributed by atoms with Crippen molar-refractivity contribution in [1.29, 1.82) is 0 Å². The predicted octanol–water partition coefficient (Wildman–Crippen LogP) is 8.36. The van der Waals surface area contributed by atoms with Gasteiger partial charge in [-0.05, 0) is 71.2 Å². The highest BCUT2D eigenvalue weighted by Gasteiger charge is 2.45. The Morgan fingerprint density at radius 2 is 1.69 bits per heavy atom. The molecule has 0 aliphatic heterocycles. The van der Waals surface area contributed by atoms with Gasteiger partial charge in [-0.2, -0.15) is 0 Å². The number of rotatable bonds is 16. The molecule has 0 atom stereocenters. The molecule has 256 valence electrons.